The zero-order valence-electron chi connectivity index (χ0n) is 13.2. The Labute approximate surface area is 141 Å². The van der Waals surface area contributed by atoms with Gasteiger partial charge in [-0.15, -0.1) is 0 Å². The molecule has 1 saturated carbocycles. The van der Waals surface area contributed by atoms with E-state index in [4.69, 9.17) is 11.6 Å². The summed E-state index contributed by atoms with van der Waals surface area (Å²) >= 11 is 5.99. The van der Waals surface area contributed by atoms with Crippen LogP contribution in [0.5, 0.6) is 0 Å². The molecule has 2 unspecified atom stereocenters. The number of aliphatic hydroxyl groups is 1. The topological polar surface area (TPSA) is 53.4 Å². The van der Waals surface area contributed by atoms with E-state index in [0.717, 1.165) is 36.6 Å². The molecule has 1 fully saturated rings. The average Bonchev–Trinajstić information content (AvgIpc) is 2.55. The third-order valence-corrected chi connectivity index (χ3v) is 4.83. The number of aromatic nitrogens is 1. The number of hydrogen-bond donors (Lipinski definition) is 1. The summed E-state index contributed by atoms with van der Waals surface area (Å²) in [5.74, 6) is 0.0391. The molecular weight excluding hydrogens is 312 g/mol. The van der Waals surface area contributed by atoms with Gasteiger partial charge < -0.3 is 10.0 Å². The van der Waals surface area contributed by atoms with Crippen molar-refractivity contribution in [1.29, 1.82) is 0 Å². The third-order valence-electron chi connectivity index (χ3n) is 4.60. The van der Waals surface area contributed by atoms with Crippen LogP contribution in [-0.4, -0.2) is 40.6 Å². The second-order valence-corrected chi connectivity index (χ2v) is 6.77. The lowest BCUT2D eigenvalue weighted by Gasteiger charge is -2.31. The van der Waals surface area contributed by atoms with E-state index < -0.39 is 0 Å². The number of fused-ring (bicyclic) bond motifs is 1. The molecular formula is C18H21ClN2O2. The molecule has 2 aromatic rings. The van der Waals surface area contributed by atoms with Crippen LogP contribution >= 0.6 is 11.6 Å². The van der Waals surface area contributed by atoms with E-state index in [0.29, 0.717) is 17.3 Å². The van der Waals surface area contributed by atoms with E-state index in [-0.39, 0.29) is 17.9 Å². The Bertz CT molecular complexity index is 719. The first kappa shape index (κ1) is 16.2. The molecule has 0 radical (unpaired) electrons. The Morgan fingerprint density at radius 1 is 1.30 bits per heavy atom. The summed E-state index contributed by atoms with van der Waals surface area (Å²) in [6.45, 7) is 0.565. The van der Waals surface area contributed by atoms with Crippen molar-refractivity contribution in [2.45, 2.75) is 31.8 Å². The Morgan fingerprint density at radius 3 is 2.83 bits per heavy atom. The van der Waals surface area contributed by atoms with Gasteiger partial charge >= 0.3 is 0 Å². The van der Waals surface area contributed by atoms with Gasteiger partial charge in [-0.25, -0.2) is 4.98 Å². The minimum atomic E-state index is -0.303. The van der Waals surface area contributed by atoms with Crippen LogP contribution in [0.3, 0.4) is 0 Å². The van der Waals surface area contributed by atoms with Crippen LogP contribution in [0.25, 0.3) is 10.9 Å². The summed E-state index contributed by atoms with van der Waals surface area (Å²) in [7, 11) is 1.77. The summed E-state index contributed by atoms with van der Waals surface area (Å²) in [6, 6.07) is 9.09. The molecule has 23 heavy (non-hydrogen) atoms. The van der Waals surface area contributed by atoms with E-state index in [2.05, 4.69) is 4.98 Å². The Morgan fingerprint density at radius 2 is 2.04 bits per heavy atom. The Hall–Kier alpha value is -1.65. The quantitative estimate of drug-likeness (QED) is 0.935. The first-order valence-corrected chi connectivity index (χ1v) is 8.42. The van der Waals surface area contributed by atoms with Gasteiger partial charge in [0.15, 0.2) is 0 Å². The second-order valence-electron chi connectivity index (χ2n) is 6.33. The Kier molecular flexibility index (Phi) is 4.83. The van der Waals surface area contributed by atoms with E-state index in [1.807, 2.05) is 18.2 Å². The number of amides is 1. The van der Waals surface area contributed by atoms with E-state index in [1.54, 1.807) is 24.1 Å². The molecule has 122 valence electrons. The van der Waals surface area contributed by atoms with E-state index >= 15 is 0 Å². The normalized spacial score (nSPS) is 21.3. The van der Waals surface area contributed by atoms with Gasteiger partial charge in [0.05, 0.1) is 11.6 Å². The van der Waals surface area contributed by atoms with E-state index in [1.165, 1.54) is 0 Å². The predicted molar refractivity (Wildman–Crippen MR) is 91.7 cm³/mol. The molecule has 3 rings (SSSR count). The minimum Gasteiger partial charge on any atom is -0.393 e. The van der Waals surface area contributed by atoms with Gasteiger partial charge in [0.25, 0.3) is 5.91 Å². The highest BCUT2D eigenvalue weighted by atomic mass is 35.5. The number of aliphatic hydroxyl groups excluding tert-OH is 1. The molecule has 1 aliphatic carbocycles. The van der Waals surface area contributed by atoms with Gasteiger partial charge in [0.2, 0.25) is 0 Å². The second kappa shape index (κ2) is 6.85. The van der Waals surface area contributed by atoms with Crippen molar-refractivity contribution in [2.75, 3.05) is 13.6 Å². The summed E-state index contributed by atoms with van der Waals surface area (Å²) in [4.78, 5) is 18.7. The largest absolute Gasteiger partial charge is 0.393 e. The predicted octanol–water partition coefficient (Wildman–Crippen LogP) is 3.51. The smallest absolute Gasteiger partial charge is 0.272 e. The molecule has 2 atom stereocenters. The molecule has 0 spiro atoms. The van der Waals surface area contributed by atoms with Gasteiger partial charge in [-0.2, -0.15) is 0 Å². The highest BCUT2D eigenvalue weighted by Gasteiger charge is 2.26. The molecule has 0 aliphatic heterocycles. The van der Waals surface area contributed by atoms with Crippen LogP contribution in [0.4, 0.5) is 0 Å². The summed E-state index contributed by atoms with van der Waals surface area (Å²) in [5, 5.41) is 11.6. The van der Waals surface area contributed by atoms with Crippen LogP contribution in [0.1, 0.15) is 36.2 Å². The maximum absolute atomic E-state index is 12.6. The van der Waals surface area contributed by atoms with E-state index in [9.17, 15) is 9.90 Å². The molecule has 5 heteroatoms. The Balaban J connectivity index is 1.76. The number of carbonyl (C=O) groups excluding carboxylic acids is 1. The van der Waals surface area contributed by atoms with Crippen LogP contribution in [0.2, 0.25) is 5.02 Å². The molecule has 0 saturated heterocycles. The number of rotatable bonds is 3. The first-order valence-electron chi connectivity index (χ1n) is 8.04. The number of pyridine rings is 1. The van der Waals surface area contributed by atoms with Crippen molar-refractivity contribution in [2.24, 2.45) is 5.92 Å². The lowest BCUT2D eigenvalue weighted by Crippen LogP contribution is -2.38. The van der Waals surface area contributed by atoms with Gasteiger partial charge in [-0.3, -0.25) is 4.79 Å². The fraction of sp³-hybridized carbons (Fsp3) is 0.444. The molecule has 1 heterocycles. The monoisotopic (exact) mass is 332 g/mol. The molecule has 1 aromatic carbocycles. The number of carbonyl (C=O) groups is 1. The van der Waals surface area contributed by atoms with Crippen molar-refractivity contribution >= 4 is 28.4 Å². The summed E-state index contributed by atoms with van der Waals surface area (Å²) in [5.41, 5.74) is 1.13. The van der Waals surface area contributed by atoms with Crippen molar-refractivity contribution in [3.63, 3.8) is 0 Å². The van der Waals surface area contributed by atoms with Crippen LogP contribution in [0, 0.1) is 5.92 Å². The van der Waals surface area contributed by atoms with Crippen molar-refractivity contribution in [3.05, 3.63) is 41.0 Å². The summed E-state index contributed by atoms with van der Waals surface area (Å²) < 4.78 is 0. The highest BCUT2D eigenvalue weighted by molar-refractivity contribution is 6.31. The summed E-state index contributed by atoms with van der Waals surface area (Å²) in [6.07, 6.45) is 3.69. The molecule has 1 aliphatic rings. The SMILES string of the molecule is CN(CC1CCCCC1O)C(=O)c1ccc2ccc(Cl)cc2n1. The lowest BCUT2D eigenvalue weighted by atomic mass is 9.86. The van der Waals surface area contributed by atoms with Crippen LogP contribution in [-0.2, 0) is 0 Å². The van der Waals surface area contributed by atoms with Crippen LogP contribution in [0.15, 0.2) is 30.3 Å². The molecule has 1 N–H and O–H groups in total. The van der Waals surface area contributed by atoms with Crippen molar-refractivity contribution < 1.29 is 9.90 Å². The number of benzene rings is 1. The minimum absolute atomic E-state index is 0.121. The third kappa shape index (κ3) is 3.65. The van der Waals surface area contributed by atoms with Crippen LogP contribution < -0.4 is 0 Å². The number of nitrogens with zero attached hydrogens (tertiary/aromatic N) is 2. The maximum Gasteiger partial charge on any atom is 0.272 e. The number of hydrogen-bond acceptors (Lipinski definition) is 3. The van der Waals surface area contributed by atoms with Gasteiger partial charge in [0.1, 0.15) is 5.69 Å². The zero-order chi connectivity index (χ0) is 16.4. The highest BCUT2D eigenvalue weighted by Crippen LogP contribution is 2.25. The fourth-order valence-electron chi connectivity index (χ4n) is 3.24. The fourth-order valence-corrected chi connectivity index (χ4v) is 3.41. The van der Waals surface area contributed by atoms with Gasteiger partial charge in [-0.1, -0.05) is 36.6 Å². The first-order chi connectivity index (χ1) is 11.0. The van der Waals surface area contributed by atoms with Crippen molar-refractivity contribution in [3.8, 4) is 0 Å². The molecule has 1 amide bonds. The zero-order valence-corrected chi connectivity index (χ0v) is 14.0. The number of halogens is 1. The molecule has 0 bridgehead atoms. The average molecular weight is 333 g/mol. The molecule has 1 aromatic heterocycles. The molecule has 4 nitrogen and oxygen atoms in total. The lowest BCUT2D eigenvalue weighted by molar-refractivity contribution is 0.0449. The van der Waals surface area contributed by atoms with Gasteiger partial charge in [0, 0.05) is 29.9 Å². The van der Waals surface area contributed by atoms with Crippen molar-refractivity contribution in [1.82, 2.24) is 9.88 Å². The van der Waals surface area contributed by atoms with Gasteiger partial charge in [-0.05, 0) is 31.0 Å². The standard InChI is InChI=1S/C18H21ClN2O2/c1-21(11-13-4-2-3-5-17(13)22)18(23)15-9-7-12-6-8-14(19)10-16(12)20-15/h6-10,13,17,22H,2-5,11H2,1H3. The maximum atomic E-state index is 12.6.